The number of carbonyl (C=O) groups is 2. The first-order valence-electron chi connectivity index (χ1n) is 14.4. The van der Waals surface area contributed by atoms with Crippen LogP contribution in [0.15, 0.2) is 18.2 Å². The van der Waals surface area contributed by atoms with E-state index in [0.29, 0.717) is 5.56 Å². The molecule has 1 aromatic carbocycles. The van der Waals surface area contributed by atoms with Crippen LogP contribution in [0.4, 0.5) is 0 Å². The molecule has 1 aromatic rings. The Hall–Kier alpha value is -3.14. The molecule has 0 aromatic heterocycles. The fraction of sp³-hybridized carbons (Fsp3) is 0.655. The number of hydrogen-bond donors (Lipinski definition) is 9. The zero-order valence-corrected chi connectivity index (χ0v) is 25.8. The molecule has 2 fully saturated rings. The minimum absolute atomic E-state index is 0.0278. The maximum atomic E-state index is 12.7. The fourth-order valence-corrected chi connectivity index (χ4v) is 4.99. The molecule has 2 aliphatic rings. The molecule has 2 heterocycles. The zero-order chi connectivity index (χ0) is 35.1. The lowest BCUT2D eigenvalue weighted by Gasteiger charge is -2.42. The third-order valence-electron chi connectivity index (χ3n) is 7.51. The number of rotatable bonds is 15. The van der Waals surface area contributed by atoms with Crippen LogP contribution in [0.3, 0.4) is 0 Å². The van der Waals surface area contributed by atoms with Crippen LogP contribution in [-0.4, -0.2) is 159 Å². The van der Waals surface area contributed by atoms with E-state index in [-0.39, 0.29) is 23.9 Å². The topological polar surface area (TPSA) is 281 Å². The smallest absolute Gasteiger partial charge is 0.309 e. The molecule has 0 saturated carbocycles. The number of hydrogen-bond acceptors (Lipinski definition) is 17. The molecule has 2 aliphatic heterocycles. The molecule has 0 spiro atoms. The Labute approximate surface area is 268 Å². The number of aliphatic carboxylic acids is 1. The van der Waals surface area contributed by atoms with Gasteiger partial charge in [-0.1, -0.05) is 6.08 Å². The maximum absolute atomic E-state index is 12.7. The van der Waals surface area contributed by atoms with E-state index in [1.165, 1.54) is 45.4 Å². The molecule has 2 saturated heterocycles. The van der Waals surface area contributed by atoms with Gasteiger partial charge in [0.1, 0.15) is 55.4 Å². The van der Waals surface area contributed by atoms with Crippen LogP contribution in [0.2, 0.25) is 0 Å². The van der Waals surface area contributed by atoms with Crippen LogP contribution < -0.4 is 14.2 Å². The number of benzene rings is 1. The Morgan fingerprint density at radius 2 is 1.32 bits per heavy atom. The summed E-state index contributed by atoms with van der Waals surface area (Å²) in [5.41, 5.74) is -1.32. The van der Waals surface area contributed by atoms with Gasteiger partial charge in [0.2, 0.25) is 12.0 Å². The van der Waals surface area contributed by atoms with Gasteiger partial charge in [-0.25, -0.2) is 0 Å². The highest BCUT2D eigenvalue weighted by Gasteiger charge is 2.48. The number of carboxylic acid groups (broad SMARTS) is 1. The Morgan fingerprint density at radius 3 is 1.81 bits per heavy atom. The molecule has 18 nitrogen and oxygen atoms in total. The summed E-state index contributed by atoms with van der Waals surface area (Å²) in [4.78, 5) is 24.2. The normalized spacial score (nSPS) is 32.4. The van der Waals surface area contributed by atoms with Crippen molar-refractivity contribution in [2.24, 2.45) is 0 Å². The molecule has 0 unspecified atom stereocenters. The van der Waals surface area contributed by atoms with Crippen molar-refractivity contribution in [1.29, 1.82) is 0 Å². The molecule has 11 atom stereocenters. The number of aliphatic hydroxyl groups is 8. The van der Waals surface area contributed by atoms with Crippen molar-refractivity contribution >= 4 is 18.0 Å². The summed E-state index contributed by atoms with van der Waals surface area (Å²) >= 11 is 0. The average molecular weight is 679 g/mol. The molecule has 3 rings (SSSR count). The highest BCUT2D eigenvalue weighted by Crippen LogP contribution is 2.41. The Balaban J connectivity index is 1.66. The van der Waals surface area contributed by atoms with Gasteiger partial charge in [-0.3, -0.25) is 9.59 Å². The lowest BCUT2D eigenvalue weighted by Crippen LogP contribution is -2.60. The summed E-state index contributed by atoms with van der Waals surface area (Å²) in [5, 5.41) is 88.9. The number of aliphatic hydroxyl groups excluding tert-OH is 8. The number of esters is 1. The van der Waals surface area contributed by atoms with Crippen molar-refractivity contribution in [1.82, 2.24) is 0 Å². The molecule has 9 N–H and O–H groups in total. The maximum Gasteiger partial charge on any atom is 0.309 e. The minimum atomic E-state index is -1.82. The minimum Gasteiger partial charge on any atom is -0.493 e. The average Bonchev–Trinajstić information content (AvgIpc) is 3.03. The van der Waals surface area contributed by atoms with E-state index >= 15 is 0 Å². The van der Waals surface area contributed by atoms with E-state index in [2.05, 4.69) is 0 Å². The number of ether oxygens (including phenoxy) is 7. The van der Waals surface area contributed by atoms with Crippen molar-refractivity contribution in [3.05, 3.63) is 23.8 Å². The first-order chi connectivity index (χ1) is 22.2. The van der Waals surface area contributed by atoms with Crippen molar-refractivity contribution in [2.45, 2.75) is 86.8 Å². The van der Waals surface area contributed by atoms with Gasteiger partial charge in [0.05, 0.1) is 45.9 Å². The lowest BCUT2D eigenvalue weighted by molar-refractivity contribution is -0.325. The summed E-state index contributed by atoms with van der Waals surface area (Å²) in [5.74, 6) is -2.06. The van der Waals surface area contributed by atoms with E-state index in [1.807, 2.05) is 0 Å². The summed E-state index contributed by atoms with van der Waals surface area (Å²) < 4.78 is 37.9. The molecular weight excluding hydrogens is 636 g/mol. The van der Waals surface area contributed by atoms with Crippen molar-refractivity contribution < 1.29 is 88.7 Å². The summed E-state index contributed by atoms with van der Waals surface area (Å²) in [6.07, 6.45) is -14.3. The first-order valence-corrected chi connectivity index (χ1v) is 14.4. The second-order valence-corrected chi connectivity index (χ2v) is 11.2. The van der Waals surface area contributed by atoms with Crippen LogP contribution in [0.1, 0.15) is 25.3 Å². The largest absolute Gasteiger partial charge is 0.493 e. The highest BCUT2D eigenvalue weighted by molar-refractivity contribution is 5.74. The summed E-state index contributed by atoms with van der Waals surface area (Å²) in [6, 6.07) is 3.00. The number of carboxylic acids is 1. The third kappa shape index (κ3) is 9.48. The molecule has 0 amide bonds. The molecule has 18 heteroatoms. The van der Waals surface area contributed by atoms with Crippen LogP contribution >= 0.6 is 0 Å². The van der Waals surface area contributed by atoms with Crippen LogP contribution in [-0.2, 0) is 28.5 Å². The van der Waals surface area contributed by atoms with Gasteiger partial charge in [-0.15, -0.1) is 0 Å². The van der Waals surface area contributed by atoms with Crippen molar-refractivity contribution in [2.75, 3.05) is 34.0 Å². The summed E-state index contributed by atoms with van der Waals surface area (Å²) in [6.45, 7) is -0.417. The first kappa shape index (κ1) is 38.3. The molecule has 47 heavy (non-hydrogen) atoms. The molecule has 0 aliphatic carbocycles. The SMILES string of the molecule is COc1cc(C=CCOC(=O)C[C@](C)(CC(=O)O)O[C@@H]2O[C@H](CO)[C@@H](O)[C@H](O)[C@H]2O)cc(OC)c1O[C@@H]1O[C@H](CO)[C@@H](O)[C@H](O)[C@H]1O. The second kappa shape index (κ2) is 16.8. The molecule has 0 radical (unpaired) electrons. The van der Waals surface area contributed by atoms with Crippen molar-refractivity contribution in [3.63, 3.8) is 0 Å². The van der Waals surface area contributed by atoms with Crippen LogP contribution in [0.5, 0.6) is 17.2 Å². The molecule has 266 valence electrons. The quantitative estimate of drug-likeness (QED) is 0.0830. The van der Waals surface area contributed by atoms with Gasteiger partial charge >= 0.3 is 11.9 Å². The van der Waals surface area contributed by atoms with Crippen LogP contribution in [0.25, 0.3) is 6.08 Å². The highest BCUT2D eigenvalue weighted by atomic mass is 16.7. The van der Waals surface area contributed by atoms with Crippen LogP contribution in [0, 0.1) is 0 Å². The molecular formula is C29H42O18. The van der Waals surface area contributed by atoms with E-state index in [0.717, 1.165) is 0 Å². The van der Waals surface area contributed by atoms with Gasteiger partial charge in [0.15, 0.2) is 17.8 Å². The lowest BCUT2D eigenvalue weighted by atomic mass is 9.95. The third-order valence-corrected chi connectivity index (χ3v) is 7.51. The fourth-order valence-electron chi connectivity index (χ4n) is 4.99. The predicted molar refractivity (Wildman–Crippen MR) is 154 cm³/mol. The van der Waals surface area contributed by atoms with E-state index in [1.54, 1.807) is 0 Å². The van der Waals surface area contributed by atoms with Gasteiger partial charge in [-0.05, 0) is 30.7 Å². The Bertz CT molecular complexity index is 1200. The van der Waals surface area contributed by atoms with Gasteiger partial charge in [0, 0.05) is 0 Å². The molecule has 0 bridgehead atoms. The monoisotopic (exact) mass is 678 g/mol. The van der Waals surface area contributed by atoms with Crippen molar-refractivity contribution in [3.8, 4) is 17.2 Å². The van der Waals surface area contributed by atoms with Gasteiger partial charge in [-0.2, -0.15) is 0 Å². The van der Waals surface area contributed by atoms with E-state index in [4.69, 9.17) is 33.2 Å². The summed E-state index contributed by atoms with van der Waals surface area (Å²) in [7, 11) is 2.65. The second-order valence-electron chi connectivity index (χ2n) is 11.2. The Morgan fingerprint density at radius 1 is 0.809 bits per heavy atom. The van der Waals surface area contributed by atoms with E-state index in [9.17, 15) is 55.5 Å². The number of carbonyl (C=O) groups excluding carboxylic acids is 1. The standard InChI is InChI=1S/C29H42O18/c1-29(9-18(32)33,47-28-25(40)23(38)21(36)17(12-31)45-28)10-19(34)43-6-4-5-13-7-14(41-2)26(15(8-13)42-3)46-27-24(39)22(37)20(35)16(11-30)44-27/h4-5,7-8,16-17,20-25,27-28,30-31,35-40H,6,9-12H2,1-3H3,(H,32,33)/t16-,17-,20-,21-,22+,23+,24-,25-,27+,28+,29+/m1/s1. The zero-order valence-electron chi connectivity index (χ0n) is 25.8. The Kier molecular flexibility index (Phi) is 13.7. The van der Waals surface area contributed by atoms with Gasteiger partial charge in [0.25, 0.3) is 0 Å². The number of methoxy groups -OCH3 is 2. The van der Waals surface area contributed by atoms with E-state index < -0.39 is 105 Å². The van der Waals surface area contributed by atoms with Gasteiger partial charge < -0.3 is 79.1 Å². The predicted octanol–water partition coefficient (Wildman–Crippen LogP) is -3.12.